The first-order valence-electron chi connectivity index (χ1n) is 9.30. The van der Waals surface area contributed by atoms with E-state index in [2.05, 4.69) is 9.97 Å². The molecule has 0 spiro atoms. The second kappa shape index (κ2) is 7.98. The molecule has 0 bridgehead atoms. The first kappa shape index (κ1) is 19.2. The van der Waals surface area contributed by atoms with Crippen molar-refractivity contribution in [2.75, 3.05) is 20.3 Å². The monoisotopic (exact) mass is 373 g/mol. The van der Waals surface area contributed by atoms with Crippen molar-refractivity contribution in [1.29, 1.82) is 0 Å². The Morgan fingerprint density at radius 3 is 2.44 bits per heavy atom. The summed E-state index contributed by atoms with van der Waals surface area (Å²) in [4.78, 5) is 23.2. The van der Waals surface area contributed by atoms with Crippen molar-refractivity contribution in [3.63, 3.8) is 0 Å². The molecule has 2 aromatic rings. The van der Waals surface area contributed by atoms with Gasteiger partial charge in [0.15, 0.2) is 0 Å². The molecule has 1 amide bonds. The predicted octanol–water partition coefficient (Wildman–Crippen LogP) is 3.81. The molecule has 1 aromatic heterocycles. The number of carbonyl (C=O) groups excluding carboxylic acids is 1. The van der Waals surface area contributed by atoms with Gasteiger partial charge in [-0.15, -0.1) is 0 Å². The first-order chi connectivity index (χ1) is 12.9. The summed E-state index contributed by atoms with van der Waals surface area (Å²) in [5.41, 5.74) is 0.961. The van der Waals surface area contributed by atoms with E-state index in [1.54, 1.807) is 12.0 Å². The number of hydrogen-bond acceptors (Lipinski definition) is 6. The number of aromatic nitrogens is 2. The van der Waals surface area contributed by atoms with Crippen molar-refractivity contribution in [3.05, 3.63) is 24.3 Å². The first-order valence-corrected chi connectivity index (χ1v) is 9.30. The molecule has 1 fully saturated rings. The van der Waals surface area contributed by atoms with E-state index in [9.17, 15) is 4.79 Å². The highest BCUT2D eigenvalue weighted by Gasteiger charge is 2.31. The zero-order chi connectivity index (χ0) is 19.4. The van der Waals surface area contributed by atoms with Gasteiger partial charge < -0.3 is 19.1 Å². The lowest BCUT2D eigenvalue weighted by Crippen LogP contribution is -2.48. The summed E-state index contributed by atoms with van der Waals surface area (Å²) in [6.45, 7) is 6.60. The number of para-hydroxylation sites is 2. The van der Waals surface area contributed by atoms with Gasteiger partial charge in [0, 0.05) is 6.54 Å². The van der Waals surface area contributed by atoms with E-state index in [-0.39, 0.29) is 12.1 Å². The molecule has 1 aliphatic heterocycles. The second-order valence-electron chi connectivity index (χ2n) is 7.66. The number of fused-ring (bicyclic) bond motifs is 1. The van der Waals surface area contributed by atoms with Crippen molar-refractivity contribution in [3.8, 4) is 11.8 Å². The van der Waals surface area contributed by atoms with E-state index in [1.807, 2.05) is 45.0 Å². The topological polar surface area (TPSA) is 73.8 Å². The Bertz CT molecular complexity index is 803. The molecule has 0 N–H and O–H groups in total. The quantitative estimate of drug-likeness (QED) is 0.811. The van der Waals surface area contributed by atoms with Gasteiger partial charge in [-0.1, -0.05) is 12.1 Å². The van der Waals surface area contributed by atoms with Crippen LogP contribution in [0.5, 0.6) is 11.8 Å². The molecule has 7 heteroatoms. The number of amides is 1. The van der Waals surface area contributed by atoms with Gasteiger partial charge >= 0.3 is 6.09 Å². The average molecular weight is 373 g/mol. The van der Waals surface area contributed by atoms with Crippen molar-refractivity contribution >= 4 is 17.1 Å². The van der Waals surface area contributed by atoms with Gasteiger partial charge in [-0.25, -0.2) is 14.8 Å². The van der Waals surface area contributed by atoms with Gasteiger partial charge in [0.05, 0.1) is 24.2 Å². The molecule has 27 heavy (non-hydrogen) atoms. The van der Waals surface area contributed by atoms with E-state index in [1.165, 1.54) is 0 Å². The summed E-state index contributed by atoms with van der Waals surface area (Å²) in [6, 6.07) is 7.49. The fourth-order valence-electron chi connectivity index (χ4n) is 3.10. The van der Waals surface area contributed by atoms with Crippen LogP contribution in [0.1, 0.15) is 40.0 Å². The Labute approximate surface area is 159 Å². The van der Waals surface area contributed by atoms with Crippen LogP contribution in [-0.4, -0.2) is 52.9 Å². The summed E-state index contributed by atoms with van der Waals surface area (Å²) in [5.74, 6) is 0.680. The highest BCUT2D eigenvalue weighted by Crippen LogP contribution is 2.27. The maximum absolute atomic E-state index is 12.5. The van der Waals surface area contributed by atoms with Crippen LogP contribution in [0.3, 0.4) is 0 Å². The number of ether oxygens (including phenoxy) is 3. The molecule has 146 valence electrons. The Kier molecular flexibility index (Phi) is 5.68. The molecule has 7 nitrogen and oxygen atoms in total. The number of nitrogens with zero attached hydrogens (tertiary/aromatic N) is 3. The SMILES string of the molecule is COc1nc2ccccc2nc1OC[C@H]1CCCCN1C(=O)OC(C)(C)C. The van der Waals surface area contributed by atoms with Crippen LogP contribution in [0.2, 0.25) is 0 Å². The molecule has 1 aliphatic rings. The summed E-state index contributed by atoms with van der Waals surface area (Å²) in [7, 11) is 1.54. The predicted molar refractivity (Wildman–Crippen MR) is 102 cm³/mol. The highest BCUT2D eigenvalue weighted by atomic mass is 16.6. The molecule has 1 saturated heterocycles. The Hall–Kier alpha value is -2.57. The third-order valence-electron chi connectivity index (χ3n) is 4.37. The number of likely N-dealkylation sites (tertiary alicyclic amines) is 1. The molecular weight excluding hydrogens is 346 g/mol. The summed E-state index contributed by atoms with van der Waals surface area (Å²) in [6.07, 6.45) is 2.58. The van der Waals surface area contributed by atoms with Crippen LogP contribution in [0.15, 0.2) is 24.3 Å². The van der Waals surface area contributed by atoms with Gasteiger partial charge in [0.25, 0.3) is 11.8 Å². The fraction of sp³-hybridized carbons (Fsp3) is 0.550. The van der Waals surface area contributed by atoms with E-state index in [4.69, 9.17) is 14.2 Å². The van der Waals surface area contributed by atoms with Crippen molar-refractivity contribution in [2.24, 2.45) is 0 Å². The molecule has 0 unspecified atom stereocenters. The van der Waals surface area contributed by atoms with E-state index < -0.39 is 5.60 Å². The van der Waals surface area contributed by atoms with Gasteiger partial charge in [-0.3, -0.25) is 0 Å². The Morgan fingerprint density at radius 2 is 1.81 bits per heavy atom. The van der Waals surface area contributed by atoms with Crippen molar-refractivity contribution < 1.29 is 19.0 Å². The highest BCUT2D eigenvalue weighted by molar-refractivity contribution is 5.75. The number of benzene rings is 1. The zero-order valence-corrected chi connectivity index (χ0v) is 16.4. The molecular formula is C20H27N3O4. The summed E-state index contributed by atoms with van der Waals surface area (Å²) >= 11 is 0. The van der Waals surface area contributed by atoms with Crippen molar-refractivity contribution in [1.82, 2.24) is 14.9 Å². The van der Waals surface area contributed by atoms with Crippen molar-refractivity contribution in [2.45, 2.75) is 51.7 Å². The van der Waals surface area contributed by atoms with E-state index >= 15 is 0 Å². The number of hydrogen-bond donors (Lipinski definition) is 0. The second-order valence-corrected chi connectivity index (χ2v) is 7.66. The molecule has 3 rings (SSSR count). The molecule has 1 aromatic carbocycles. The van der Waals surface area contributed by atoms with E-state index in [0.29, 0.717) is 24.9 Å². The van der Waals surface area contributed by atoms with Gasteiger partial charge in [0.1, 0.15) is 12.2 Å². The van der Waals surface area contributed by atoms with Crippen LogP contribution in [-0.2, 0) is 4.74 Å². The standard InChI is InChI=1S/C20H27N3O4/c1-20(2,3)27-19(24)23-12-8-7-9-14(23)13-26-18-17(25-4)21-15-10-5-6-11-16(15)22-18/h5-6,10-11,14H,7-9,12-13H2,1-4H3/t14-/m1/s1. The normalized spacial score (nSPS) is 17.6. The fourth-order valence-corrected chi connectivity index (χ4v) is 3.10. The molecule has 2 heterocycles. The van der Waals surface area contributed by atoms with Crippen LogP contribution < -0.4 is 9.47 Å². The van der Waals surface area contributed by atoms with Crippen LogP contribution in [0.4, 0.5) is 4.79 Å². The smallest absolute Gasteiger partial charge is 0.410 e. The Balaban J connectivity index is 1.74. The molecule has 0 saturated carbocycles. The van der Waals surface area contributed by atoms with Gasteiger partial charge in [-0.05, 0) is 52.2 Å². The average Bonchev–Trinajstić information content (AvgIpc) is 2.64. The maximum Gasteiger partial charge on any atom is 0.410 e. The number of methoxy groups -OCH3 is 1. The lowest BCUT2D eigenvalue weighted by atomic mass is 10.0. The minimum absolute atomic E-state index is 0.0634. The molecule has 0 radical (unpaired) electrons. The van der Waals surface area contributed by atoms with E-state index in [0.717, 1.165) is 30.3 Å². The third-order valence-corrected chi connectivity index (χ3v) is 4.37. The van der Waals surface area contributed by atoms with Crippen LogP contribution in [0, 0.1) is 0 Å². The maximum atomic E-state index is 12.5. The molecule has 0 aliphatic carbocycles. The van der Waals surface area contributed by atoms with Crippen LogP contribution >= 0.6 is 0 Å². The van der Waals surface area contributed by atoms with Gasteiger partial charge in [-0.2, -0.15) is 0 Å². The number of carbonyl (C=O) groups is 1. The Morgan fingerprint density at radius 1 is 1.15 bits per heavy atom. The number of rotatable bonds is 4. The lowest BCUT2D eigenvalue weighted by Gasteiger charge is -2.36. The van der Waals surface area contributed by atoms with Gasteiger partial charge in [0.2, 0.25) is 0 Å². The number of piperidine rings is 1. The minimum atomic E-state index is -0.521. The zero-order valence-electron chi connectivity index (χ0n) is 16.4. The largest absolute Gasteiger partial charge is 0.477 e. The molecule has 1 atom stereocenters. The van der Waals surface area contributed by atoms with Crippen LogP contribution in [0.25, 0.3) is 11.0 Å². The minimum Gasteiger partial charge on any atom is -0.477 e. The summed E-state index contributed by atoms with van der Waals surface area (Å²) < 4.78 is 16.8. The lowest BCUT2D eigenvalue weighted by molar-refractivity contribution is 0.00321. The third kappa shape index (κ3) is 4.78. The summed E-state index contributed by atoms with van der Waals surface area (Å²) in [5, 5.41) is 0.